The van der Waals surface area contributed by atoms with Crippen molar-refractivity contribution in [2.24, 2.45) is 0 Å². The predicted molar refractivity (Wildman–Crippen MR) is 151 cm³/mol. The van der Waals surface area contributed by atoms with E-state index in [1.54, 1.807) is 36.4 Å². The Bertz CT molecular complexity index is 1570. The summed E-state index contributed by atoms with van der Waals surface area (Å²) < 4.78 is 50.4. The molecule has 0 radical (unpaired) electrons. The van der Waals surface area contributed by atoms with Crippen molar-refractivity contribution >= 4 is 17.5 Å². The van der Waals surface area contributed by atoms with Crippen LogP contribution in [0.3, 0.4) is 0 Å². The van der Waals surface area contributed by atoms with E-state index < -0.39 is 34.8 Å². The van der Waals surface area contributed by atoms with E-state index in [1.807, 2.05) is 6.07 Å². The summed E-state index contributed by atoms with van der Waals surface area (Å²) in [5.74, 6) is -1.42. The normalized spacial score (nSPS) is 24.4. The van der Waals surface area contributed by atoms with Crippen LogP contribution in [-0.4, -0.2) is 59.1 Å². The number of carbonyl (C=O) groups excluding carboxylic acids is 1. The second kappa shape index (κ2) is 11.2. The van der Waals surface area contributed by atoms with Crippen LogP contribution in [0, 0.1) is 17.1 Å². The fourth-order valence-corrected chi connectivity index (χ4v) is 6.33. The van der Waals surface area contributed by atoms with E-state index in [4.69, 9.17) is 25.8 Å². The highest BCUT2D eigenvalue weighted by atomic mass is 35.5. The second-order valence-corrected chi connectivity index (χ2v) is 11.8. The highest BCUT2D eigenvalue weighted by molar-refractivity contribution is 6.30. The number of halogens is 3. The van der Waals surface area contributed by atoms with Gasteiger partial charge < -0.3 is 19.3 Å². The van der Waals surface area contributed by atoms with Crippen LogP contribution < -0.4 is 0 Å². The van der Waals surface area contributed by atoms with Crippen molar-refractivity contribution in [3.8, 4) is 6.07 Å². The van der Waals surface area contributed by atoms with Crippen LogP contribution in [0.2, 0.25) is 5.02 Å². The summed E-state index contributed by atoms with van der Waals surface area (Å²) in [4.78, 5) is 20.1. The Morgan fingerprint density at radius 1 is 1.19 bits per heavy atom. The van der Waals surface area contributed by atoms with Crippen LogP contribution in [-0.2, 0) is 32.1 Å². The van der Waals surface area contributed by atoms with Crippen molar-refractivity contribution < 1.29 is 32.9 Å². The summed E-state index contributed by atoms with van der Waals surface area (Å²) in [6, 6.07) is 14.3. The minimum atomic E-state index is -2.11. The summed E-state index contributed by atoms with van der Waals surface area (Å²) in [5.41, 5.74) is -4.94. The van der Waals surface area contributed by atoms with E-state index in [2.05, 4.69) is 4.98 Å². The summed E-state index contributed by atoms with van der Waals surface area (Å²) in [6.45, 7) is 2.10. The lowest BCUT2D eigenvalue weighted by Crippen LogP contribution is -2.50. The molecule has 3 aliphatic rings. The van der Waals surface area contributed by atoms with E-state index >= 15 is 8.78 Å². The minimum Gasteiger partial charge on any atom is -0.382 e. The number of carbonyl (C=O) groups is 1. The van der Waals surface area contributed by atoms with Crippen LogP contribution >= 0.6 is 11.6 Å². The van der Waals surface area contributed by atoms with Gasteiger partial charge in [-0.2, -0.15) is 5.26 Å². The van der Waals surface area contributed by atoms with Crippen LogP contribution in [0.5, 0.6) is 0 Å². The van der Waals surface area contributed by atoms with Crippen molar-refractivity contribution in [1.29, 1.82) is 5.26 Å². The number of benzene rings is 2. The van der Waals surface area contributed by atoms with Crippen molar-refractivity contribution in [1.82, 2.24) is 9.88 Å². The van der Waals surface area contributed by atoms with Gasteiger partial charge in [-0.1, -0.05) is 23.7 Å². The van der Waals surface area contributed by atoms with Crippen LogP contribution in [0.4, 0.5) is 8.78 Å². The molecule has 3 aromatic rings. The highest BCUT2D eigenvalue weighted by Gasteiger charge is 2.57. The SMILES string of the molecule is CC(O)(c1cc(F)c2c(c1)C(=O)N(Cc1ccc(C#N)cn1)[C@]2(O[C@H]1CCOC1)c1ccc(Cl)cc1)C1(F)CCOCC1. The molecule has 1 amide bonds. The second-order valence-electron chi connectivity index (χ2n) is 11.3. The first kappa shape index (κ1) is 29.6. The first-order chi connectivity index (χ1) is 20.6. The summed E-state index contributed by atoms with van der Waals surface area (Å²) >= 11 is 6.22. The Morgan fingerprint density at radius 3 is 2.56 bits per heavy atom. The third-order valence-corrected chi connectivity index (χ3v) is 8.99. The number of amides is 1. The van der Waals surface area contributed by atoms with Gasteiger partial charge in [0, 0.05) is 49.4 Å². The number of nitrogens with zero attached hydrogens (tertiary/aromatic N) is 3. The van der Waals surface area contributed by atoms with Gasteiger partial charge in [-0.05, 0) is 55.3 Å². The first-order valence-corrected chi connectivity index (χ1v) is 14.5. The number of fused-ring (bicyclic) bond motifs is 1. The van der Waals surface area contributed by atoms with Gasteiger partial charge in [0.15, 0.2) is 0 Å². The van der Waals surface area contributed by atoms with E-state index in [9.17, 15) is 15.2 Å². The topological polar surface area (TPSA) is 105 Å². The molecule has 0 spiro atoms. The molecule has 2 aromatic carbocycles. The van der Waals surface area contributed by atoms with Gasteiger partial charge in [0.1, 0.15) is 23.2 Å². The van der Waals surface area contributed by atoms with Crippen molar-refractivity contribution in [2.45, 2.75) is 55.8 Å². The fraction of sp³-hybridized carbons (Fsp3) is 0.406. The van der Waals surface area contributed by atoms with Gasteiger partial charge in [0.25, 0.3) is 5.91 Å². The zero-order valence-corrected chi connectivity index (χ0v) is 24.2. The Hall–Kier alpha value is -3.46. The molecule has 3 atom stereocenters. The molecule has 1 aromatic heterocycles. The third kappa shape index (κ3) is 4.99. The standard InChI is InChI=1S/C32H30ClF2N3O5/c1-30(40,31(35)9-12-41-13-10-31)22-14-26-28(27(34)15-22)32(43-25-8-11-42-19-25,21-3-5-23(33)6-4-21)38(29(26)39)18-24-7-2-20(16-36)17-37-24/h2-7,14-15,17,25,40H,8-13,18-19H2,1H3/t25-,30?,32-/m0/s1. The fourth-order valence-electron chi connectivity index (χ4n) is 6.21. The molecule has 8 nitrogen and oxygen atoms in total. The number of aliphatic hydroxyl groups is 1. The van der Waals surface area contributed by atoms with Crippen molar-refractivity contribution in [3.63, 3.8) is 0 Å². The average molecular weight is 610 g/mol. The number of aromatic nitrogens is 1. The molecule has 2 fully saturated rings. The molecule has 2 saturated heterocycles. The Labute approximate surface area is 252 Å². The lowest BCUT2D eigenvalue weighted by Gasteiger charge is -2.42. The number of ether oxygens (including phenoxy) is 3. The van der Waals surface area contributed by atoms with Gasteiger partial charge in [-0.15, -0.1) is 0 Å². The largest absolute Gasteiger partial charge is 0.382 e. The van der Waals surface area contributed by atoms with E-state index in [-0.39, 0.29) is 55.9 Å². The third-order valence-electron chi connectivity index (χ3n) is 8.74. The molecule has 0 aliphatic carbocycles. The molecule has 224 valence electrons. The first-order valence-electron chi connectivity index (χ1n) is 14.1. The molecule has 1 N–H and O–H groups in total. The summed E-state index contributed by atoms with van der Waals surface area (Å²) in [7, 11) is 0. The minimum absolute atomic E-state index is 0.0557. The number of hydrogen-bond donors (Lipinski definition) is 1. The maximum absolute atomic E-state index is 16.7. The molecule has 11 heteroatoms. The summed E-state index contributed by atoms with van der Waals surface area (Å²) in [5, 5.41) is 21.2. The van der Waals surface area contributed by atoms with Gasteiger partial charge in [0.2, 0.25) is 5.72 Å². The molecule has 0 bridgehead atoms. The van der Waals surface area contributed by atoms with Gasteiger partial charge in [0.05, 0.1) is 41.6 Å². The van der Waals surface area contributed by atoms with Crippen LogP contribution in [0.1, 0.15) is 64.5 Å². The van der Waals surface area contributed by atoms with Crippen LogP contribution in [0.15, 0.2) is 54.7 Å². The van der Waals surface area contributed by atoms with Gasteiger partial charge >= 0.3 is 0 Å². The molecule has 4 heterocycles. The molecule has 1 unspecified atom stereocenters. The molecule has 3 aliphatic heterocycles. The molecular formula is C32H30ClF2N3O5. The Kier molecular flexibility index (Phi) is 7.73. The smallest absolute Gasteiger partial charge is 0.257 e. The maximum Gasteiger partial charge on any atom is 0.257 e. The zero-order valence-electron chi connectivity index (χ0n) is 23.5. The highest BCUT2D eigenvalue weighted by Crippen LogP contribution is 2.51. The molecular weight excluding hydrogens is 580 g/mol. The van der Waals surface area contributed by atoms with Crippen molar-refractivity contribution in [3.05, 3.63) is 99.1 Å². The predicted octanol–water partition coefficient (Wildman–Crippen LogP) is 5.13. The summed E-state index contributed by atoms with van der Waals surface area (Å²) in [6.07, 6.45) is 1.27. The number of nitriles is 1. The van der Waals surface area contributed by atoms with E-state index in [0.29, 0.717) is 34.9 Å². The van der Waals surface area contributed by atoms with E-state index in [1.165, 1.54) is 24.1 Å². The molecule has 43 heavy (non-hydrogen) atoms. The number of alkyl halides is 1. The monoisotopic (exact) mass is 609 g/mol. The van der Waals surface area contributed by atoms with Crippen LogP contribution in [0.25, 0.3) is 0 Å². The van der Waals surface area contributed by atoms with Gasteiger partial charge in [-0.25, -0.2) is 8.78 Å². The van der Waals surface area contributed by atoms with Gasteiger partial charge in [-0.3, -0.25) is 14.7 Å². The van der Waals surface area contributed by atoms with Crippen molar-refractivity contribution in [2.75, 3.05) is 26.4 Å². The zero-order chi connectivity index (χ0) is 30.4. The average Bonchev–Trinajstić information content (AvgIpc) is 3.60. The maximum atomic E-state index is 16.7. The lowest BCUT2D eigenvalue weighted by molar-refractivity contribution is -0.149. The molecule has 6 rings (SSSR count). The van der Waals surface area contributed by atoms with E-state index in [0.717, 1.165) is 6.07 Å². The Morgan fingerprint density at radius 2 is 1.93 bits per heavy atom. The lowest BCUT2D eigenvalue weighted by atomic mass is 9.75. The quantitative estimate of drug-likeness (QED) is 0.396. The number of pyridine rings is 1. The number of hydrogen-bond acceptors (Lipinski definition) is 7. The number of rotatable bonds is 7. The molecule has 0 saturated carbocycles. The Balaban J connectivity index is 1.55.